The molecule has 1 N–H and O–H groups in total. The fourth-order valence-electron chi connectivity index (χ4n) is 3.28. The molecule has 0 fully saturated rings. The van der Waals surface area contributed by atoms with Crippen molar-refractivity contribution in [1.82, 2.24) is 0 Å². The Kier molecular flexibility index (Phi) is 6.14. The van der Waals surface area contributed by atoms with Crippen molar-refractivity contribution in [3.8, 4) is 0 Å². The summed E-state index contributed by atoms with van der Waals surface area (Å²) in [4.78, 5) is 39.4. The number of carbonyl (C=O) groups is 3. The summed E-state index contributed by atoms with van der Waals surface area (Å²) in [6.45, 7) is 1.79. The highest BCUT2D eigenvalue weighted by Gasteiger charge is 2.42. The van der Waals surface area contributed by atoms with E-state index in [0.717, 1.165) is 10.5 Å². The lowest BCUT2D eigenvalue weighted by Gasteiger charge is -2.15. The Balaban J connectivity index is 1.63. The molecule has 0 aliphatic carbocycles. The van der Waals surface area contributed by atoms with Crippen LogP contribution in [0.25, 0.3) is 0 Å². The smallest absolute Gasteiger partial charge is 0.267 e. The second-order valence-electron chi connectivity index (χ2n) is 6.87. The second kappa shape index (κ2) is 8.58. The zero-order chi connectivity index (χ0) is 23.3. The van der Waals surface area contributed by atoms with E-state index < -0.39 is 11.8 Å². The zero-order valence-corrected chi connectivity index (χ0v) is 19.9. The van der Waals surface area contributed by atoms with E-state index >= 15 is 0 Å². The number of imide groups is 1. The summed E-state index contributed by atoms with van der Waals surface area (Å²) in [5.41, 5.74) is 1.61. The summed E-state index contributed by atoms with van der Waals surface area (Å²) in [5.74, 6) is -1.77. The van der Waals surface area contributed by atoms with E-state index in [1.807, 2.05) is 0 Å². The molecule has 32 heavy (non-hydrogen) atoms. The molecule has 3 aromatic carbocycles. The molecule has 4 rings (SSSR count). The van der Waals surface area contributed by atoms with E-state index in [-0.39, 0.29) is 42.8 Å². The van der Waals surface area contributed by atoms with Gasteiger partial charge in [0.25, 0.3) is 17.7 Å². The predicted molar refractivity (Wildman–Crippen MR) is 128 cm³/mol. The third-order valence-electron chi connectivity index (χ3n) is 5.00. The number of nitrogens with one attached hydrogen (secondary N) is 1. The molecule has 3 amide bonds. The standard InChI is InChI=1S/C22H11Cl5N2O3/c1-9-12(23)3-2-4-13(9)28-20(30)10-5-7-11(8-6-10)29-21(31)14-15(22(29)32)17(25)19(27)18(26)16(14)24/h2-8H,1H3,(H,28,30). The SMILES string of the molecule is Cc1c(Cl)cccc1NC(=O)c1ccc(N2C(=O)c3c(Cl)c(Cl)c(Cl)c(Cl)c3C2=O)cc1. The van der Waals surface area contributed by atoms with Crippen LogP contribution in [-0.4, -0.2) is 17.7 Å². The van der Waals surface area contributed by atoms with Gasteiger partial charge < -0.3 is 5.32 Å². The third-order valence-corrected chi connectivity index (χ3v) is 7.22. The number of amides is 3. The lowest BCUT2D eigenvalue weighted by molar-refractivity contribution is 0.0925. The van der Waals surface area contributed by atoms with Crippen molar-refractivity contribution in [1.29, 1.82) is 0 Å². The van der Waals surface area contributed by atoms with Crippen molar-refractivity contribution in [3.05, 3.63) is 89.8 Å². The number of hydrogen-bond donors (Lipinski definition) is 1. The maximum Gasteiger partial charge on any atom is 0.267 e. The van der Waals surface area contributed by atoms with Gasteiger partial charge in [0.2, 0.25) is 0 Å². The normalized spacial score (nSPS) is 12.9. The molecule has 0 atom stereocenters. The molecule has 0 radical (unpaired) electrons. The lowest BCUT2D eigenvalue weighted by Crippen LogP contribution is -2.29. The van der Waals surface area contributed by atoms with E-state index in [1.54, 1.807) is 25.1 Å². The van der Waals surface area contributed by atoms with Crippen LogP contribution in [0.4, 0.5) is 11.4 Å². The van der Waals surface area contributed by atoms with E-state index in [9.17, 15) is 14.4 Å². The van der Waals surface area contributed by atoms with Crippen molar-refractivity contribution in [2.75, 3.05) is 10.2 Å². The average Bonchev–Trinajstić information content (AvgIpc) is 3.04. The summed E-state index contributed by atoms with van der Waals surface area (Å²) in [7, 11) is 0. The molecule has 0 bridgehead atoms. The Hall–Kier alpha value is -2.28. The van der Waals surface area contributed by atoms with Gasteiger partial charge in [-0.25, -0.2) is 4.90 Å². The Morgan fingerprint density at radius 3 is 1.84 bits per heavy atom. The van der Waals surface area contributed by atoms with Gasteiger partial charge in [-0.2, -0.15) is 0 Å². The molecule has 1 heterocycles. The minimum Gasteiger partial charge on any atom is -0.322 e. The summed E-state index contributed by atoms with van der Waals surface area (Å²) in [5, 5.41) is 2.80. The lowest BCUT2D eigenvalue weighted by atomic mass is 10.1. The Morgan fingerprint density at radius 1 is 0.781 bits per heavy atom. The first-order chi connectivity index (χ1) is 15.1. The van der Waals surface area contributed by atoms with Gasteiger partial charge in [-0.05, 0) is 48.9 Å². The maximum absolute atomic E-state index is 12.9. The van der Waals surface area contributed by atoms with Crippen LogP contribution in [0, 0.1) is 6.92 Å². The van der Waals surface area contributed by atoms with E-state index in [0.29, 0.717) is 16.3 Å². The molecule has 1 aliphatic heterocycles. The van der Waals surface area contributed by atoms with Gasteiger partial charge in [-0.15, -0.1) is 0 Å². The van der Waals surface area contributed by atoms with Crippen LogP contribution in [0.2, 0.25) is 25.1 Å². The molecule has 162 valence electrons. The summed E-state index contributed by atoms with van der Waals surface area (Å²) in [6, 6.07) is 11.1. The highest BCUT2D eigenvalue weighted by molar-refractivity contribution is 6.56. The van der Waals surface area contributed by atoms with Gasteiger partial charge in [0.15, 0.2) is 0 Å². The van der Waals surface area contributed by atoms with Gasteiger partial charge in [0, 0.05) is 16.3 Å². The van der Waals surface area contributed by atoms with E-state index in [1.165, 1.54) is 24.3 Å². The topological polar surface area (TPSA) is 66.5 Å². The van der Waals surface area contributed by atoms with Crippen LogP contribution in [0.15, 0.2) is 42.5 Å². The fourth-order valence-corrected chi connectivity index (χ4v) is 4.47. The van der Waals surface area contributed by atoms with Crippen LogP contribution in [0.1, 0.15) is 36.6 Å². The van der Waals surface area contributed by atoms with Crippen LogP contribution >= 0.6 is 58.0 Å². The zero-order valence-electron chi connectivity index (χ0n) is 16.1. The number of hydrogen-bond acceptors (Lipinski definition) is 3. The van der Waals surface area contributed by atoms with E-state index in [2.05, 4.69) is 5.32 Å². The molecular weight excluding hydrogens is 518 g/mol. The Labute approximate surface area is 207 Å². The Morgan fingerprint density at radius 2 is 1.31 bits per heavy atom. The number of anilines is 2. The van der Waals surface area contributed by atoms with Gasteiger partial charge in [0.1, 0.15) is 0 Å². The molecule has 0 aromatic heterocycles. The summed E-state index contributed by atoms with van der Waals surface area (Å²) >= 11 is 30.5. The largest absolute Gasteiger partial charge is 0.322 e. The molecule has 0 saturated carbocycles. The first-order valence-corrected chi connectivity index (χ1v) is 10.9. The number of fused-ring (bicyclic) bond motifs is 1. The Bertz CT molecular complexity index is 1280. The summed E-state index contributed by atoms with van der Waals surface area (Å²) < 4.78 is 0. The minimum atomic E-state index is -0.692. The monoisotopic (exact) mass is 526 g/mol. The third kappa shape index (κ3) is 3.64. The van der Waals surface area contributed by atoms with Crippen molar-refractivity contribution in [3.63, 3.8) is 0 Å². The number of carbonyl (C=O) groups excluding carboxylic acids is 3. The van der Waals surface area contributed by atoms with Crippen molar-refractivity contribution in [2.24, 2.45) is 0 Å². The molecule has 0 saturated heterocycles. The van der Waals surface area contributed by atoms with Crippen LogP contribution in [0.5, 0.6) is 0 Å². The molecule has 1 aliphatic rings. The predicted octanol–water partition coefficient (Wildman–Crippen LogP) is 7.31. The van der Waals surface area contributed by atoms with Crippen LogP contribution in [0.3, 0.4) is 0 Å². The van der Waals surface area contributed by atoms with Crippen molar-refractivity contribution < 1.29 is 14.4 Å². The first kappa shape index (κ1) is 22.9. The van der Waals surface area contributed by atoms with Crippen molar-refractivity contribution in [2.45, 2.75) is 6.92 Å². The molecule has 10 heteroatoms. The average molecular weight is 529 g/mol. The molecule has 0 spiro atoms. The van der Waals surface area contributed by atoms with Gasteiger partial charge in [0.05, 0.1) is 36.9 Å². The maximum atomic E-state index is 12.9. The second-order valence-corrected chi connectivity index (χ2v) is 8.78. The highest BCUT2D eigenvalue weighted by atomic mass is 35.5. The highest BCUT2D eigenvalue weighted by Crippen LogP contribution is 2.45. The van der Waals surface area contributed by atoms with Crippen molar-refractivity contribution >= 4 is 87.1 Å². The van der Waals surface area contributed by atoms with Gasteiger partial charge >= 0.3 is 0 Å². The number of halogens is 5. The molecule has 0 unspecified atom stereocenters. The number of nitrogens with zero attached hydrogens (tertiary/aromatic N) is 1. The number of rotatable bonds is 3. The quantitative estimate of drug-likeness (QED) is 0.220. The minimum absolute atomic E-state index is 0.108. The van der Waals surface area contributed by atoms with Crippen LogP contribution in [-0.2, 0) is 0 Å². The first-order valence-electron chi connectivity index (χ1n) is 9.04. The van der Waals surface area contributed by atoms with Gasteiger partial charge in [-0.3, -0.25) is 14.4 Å². The molecule has 5 nitrogen and oxygen atoms in total. The molecular formula is C22H11Cl5N2O3. The van der Waals surface area contributed by atoms with Crippen LogP contribution < -0.4 is 10.2 Å². The van der Waals surface area contributed by atoms with E-state index in [4.69, 9.17) is 58.0 Å². The summed E-state index contributed by atoms with van der Waals surface area (Å²) in [6.07, 6.45) is 0. The molecule has 3 aromatic rings. The van der Waals surface area contributed by atoms with Gasteiger partial charge in [-0.1, -0.05) is 64.1 Å². The fraction of sp³-hybridized carbons (Fsp3) is 0.0455. The number of benzene rings is 3.